The van der Waals surface area contributed by atoms with Crippen LogP contribution in [0.3, 0.4) is 0 Å². The van der Waals surface area contributed by atoms with Crippen molar-refractivity contribution in [3.63, 3.8) is 0 Å². The molecule has 0 spiro atoms. The highest BCUT2D eigenvalue weighted by Crippen LogP contribution is 2.42. The van der Waals surface area contributed by atoms with Crippen molar-refractivity contribution in [2.45, 2.75) is 94.4 Å². The van der Waals surface area contributed by atoms with Crippen LogP contribution in [-0.4, -0.2) is 84.8 Å². The molecular formula is C24H34O9. The molecule has 11 atom stereocenters. The lowest BCUT2D eigenvalue weighted by atomic mass is 9.83. The van der Waals surface area contributed by atoms with Gasteiger partial charge in [0.25, 0.3) is 0 Å². The van der Waals surface area contributed by atoms with Gasteiger partial charge in [0, 0.05) is 18.6 Å². The van der Waals surface area contributed by atoms with Gasteiger partial charge in [0.1, 0.15) is 30.5 Å². The summed E-state index contributed by atoms with van der Waals surface area (Å²) in [6.45, 7) is 5.83. The third-order valence-corrected chi connectivity index (χ3v) is 7.03. The second-order valence-electron chi connectivity index (χ2n) is 9.78. The van der Waals surface area contributed by atoms with E-state index in [-0.39, 0.29) is 18.8 Å². The van der Waals surface area contributed by atoms with Crippen LogP contribution in [0.4, 0.5) is 0 Å². The van der Waals surface area contributed by atoms with Crippen LogP contribution in [0.2, 0.25) is 0 Å². The molecule has 0 aromatic heterocycles. The summed E-state index contributed by atoms with van der Waals surface area (Å²) in [4.78, 5) is 0. The van der Waals surface area contributed by atoms with Crippen LogP contribution in [0.1, 0.15) is 39.0 Å². The average molecular weight is 467 g/mol. The number of aliphatic hydroxyl groups is 2. The summed E-state index contributed by atoms with van der Waals surface area (Å²) in [7, 11) is 1.54. The Kier molecular flexibility index (Phi) is 6.54. The molecule has 4 aliphatic rings. The van der Waals surface area contributed by atoms with E-state index in [4.69, 9.17) is 33.2 Å². The molecule has 184 valence electrons. The molecule has 1 aromatic carbocycles. The van der Waals surface area contributed by atoms with Gasteiger partial charge in [-0.1, -0.05) is 30.3 Å². The van der Waals surface area contributed by atoms with Gasteiger partial charge in [-0.05, 0) is 27.2 Å². The topological polar surface area (TPSA) is 105 Å². The Hall–Kier alpha value is -1.14. The second kappa shape index (κ2) is 9.14. The van der Waals surface area contributed by atoms with Crippen molar-refractivity contribution in [1.29, 1.82) is 0 Å². The predicted molar refractivity (Wildman–Crippen MR) is 114 cm³/mol. The molecule has 5 rings (SSSR count). The summed E-state index contributed by atoms with van der Waals surface area (Å²) in [6.07, 6.45) is -5.57. The minimum absolute atomic E-state index is 0.275. The van der Waals surface area contributed by atoms with Crippen LogP contribution in [-0.2, 0) is 33.2 Å². The molecule has 33 heavy (non-hydrogen) atoms. The van der Waals surface area contributed by atoms with E-state index < -0.39 is 60.9 Å². The zero-order valence-corrected chi connectivity index (χ0v) is 19.4. The standard InChI is InChI=1S/C24H34O9/c1-12-19-21(33-24(2,3)32-19)18(26)15(29-12)10-14-17(25)20-16(30-23(14)27-4)11-28-22(31-20)13-8-6-5-7-9-13/h5-9,12,14-23,25-26H,10-11H2,1-4H3/t12-,14+,15+,16+,17+,18+,19+,20-,21-,22?,23+/m0/s1. The summed E-state index contributed by atoms with van der Waals surface area (Å²) < 4.78 is 41.7. The van der Waals surface area contributed by atoms with Crippen molar-refractivity contribution in [1.82, 2.24) is 0 Å². The van der Waals surface area contributed by atoms with Gasteiger partial charge in [0.15, 0.2) is 18.4 Å². The first-order chi connectivity index (χ1) is 15.8. The monoisotopic (exact) mass is 466 g/mol. The molecule has 4 fully saturated rings. The molecule has 0 radical (unpaired) electrons. The maximum atomic E-state index is 11.3. The fourth-order valence-electron chi connectivity index (χ4n) is 5.46. The van der Waals surface area contributed by atoms with Crippen LogP contribution in [0, 0.1) is 5.92 Å². The molecule has 4 heterocycles. The van der Waals surface area contributed by atoms with Gasteiger partial charge < -0.3 is 43.4 Å². The van der Waals surface area contributed by atoms with Crippen LogP contribution in [0.15, 0.2) is 30.3 Å². The first-order valence-electron chi connectivity index (χ1n) is 11.6. The third kappa shape index (κ3) is 4.47. The van der Waals surface area contributed by atoms with E-state index in [2.05, 4.69) is 0 Å². The summed E-state index contributed by atoms with van der Waals surface area (Å²) in [6, 6.07) is 9.60. The normalized spacial score (nSPS) is 47.0. The Morgan fingerprint density at radius 3 is 2.42 bits per heavy atom. The van der Waals surface area contributed by atoms with Crippen LogP contribution < -0.4 is 0 Å². The molecule has 9 heteroatoms. The second-order valence-corrected chi connectivity index (χ2v) is 9.78. The fourth-order valence-corrected chi connectivity index (χ4v) is 5.46. The fraction of sp³-hybridized carbons (Fsp3) is 0.750. The Morgan fingerprint density at radius 2 is 1.70 bits per heavy atom. The van der Waals surface area contributed by atoms with Crippen LogP contribution in [0.5, 0.6) is 0 Å². The van der Waals surface area contributed by atoms with E-state index in [1.165, 1.54) is 7.11 Å². The number of fused-ring (bicyclic) bond motifs is 2. The molecule has 0 bridgehead atoms. The van der Waals surface area contributed by atoms with Crippen LogP contribution in [0.25, 0.3) is 0 Å². The molecule has 0 aliphatic carbocycles. The van der Waals surface area contributed by atoms with Crippen molar-refractivity contribution in [2.75, 3.05) is 13.7 Å². The first-order valence-corrected chi connectivity index (χ1v) is 11.6. The van der Waals surface area contributed by atoms with Crippen molar-refractivity contribution in [3.05, 3.63) is 35.9 Å². The molecule has 1 unspecified atom stereocenters. The highest BCUT2D eigenvalue weighted by Gasteiger charge is 2.56. The van der Waals surface area contributed by atoms with Crippen LogP contribution >= 0.6 is 0 Å². The van der Waals surface area contributed by atoms with Gasteiger partial charge in [0.05, 0.1) is 24.9 Å². The van der Waals surface area contributed by atoms with E-state index in [9.17, 15) is 10.2 Å². The molecule has 4 aliphatic heterocycles. The van der Waals surface area contributed by atoms with E-state index in [1.807, 2.05) is 51.1 Å². The molecule has 2 N–H and O–H groups in total. The lowest BCUT2D eigenvalue weighted by molar-refractivity contribution is -0.354. The molecule has 0 amide bonds. The van der Waals surface area contributed by atoms with Gasteiger partial charge in [-0.25, -0.2) is 0 Å². The summed E-state index contributed by atoms with van der Waals surface area (Å²) in [5, 5.41) is 22.4. The number of aliphatic hydroxyl groups excluding tert-OH is 2. The van der Waals surface area contributed by atoms with Gasteiger partial charge in [0.2, 0.25) is 0 Å². The third-order valence-electron chi connectivity index (χ3n) is 7.03. The Labute approximate surface area is 193 Å². The first kappa shape index (κ1) is 23.6. The van der Waals surface area contributed by atoms with Gasteiger partial charge in [-0.15, -0.1) is 0 Å². The Balaban J connectivity index is 1.31. The number of methoxy groups -OCH3 is 1. The van der Waals surface area contributed by atoms with Crippen molar-refractivity contribution in [3.8, 4) is 0 Å². The molecule has 4 saturated heterocycles. The summed E-state index contributed by atoms with van der Waals surface area (Å²) >= 11 is 0. The highest BCUT2D eigenvalue weighted by molar-refractivity contribution is 5.16. The zero-order valence-electron chi connectivity index (χ0n) is 19.4. The SMILES string of the molecule is CO[C@@H]1O[C@@H]2COC(c3ccccc3)O[C@@H]2[C@H](O)[C@H]1C[C@H]1O[C@@H](C)[C@H]2OC(C)(C)O[C@H]2[C@@H]1O. The molecular weight excluding hydrogens is 432 g/mol. The van der Waals surface area contributed by atoms with Crippen molar-refractivity contribution < 1.29 is 43.4 Å². The number of hydrogen-bond acceptors (Lipinski definition) is 9. The maximum absolute atomic E-state index is 11.3. The lowest BCUT2D eigenvalue weighted by Crippen LogP contribution is -2.62. The van der Waals surface area contributed by atoms with E-state index in [1.54, 1.807) is 0 Å². The largest absolute Gasteiger partial charge is 0.390 e. The molecule has 9 nitrogen and oxygen atoms in total. The quantitative estimate of drug-likeness (QED) is 0.683. The van der Waals surface area contributed by atoms with Crippen molar-refractivity contribution in [2.24, 2.45) is 5.92 Å². The van der Waals surface area contributed by atoms with E-state index in [0.29, 0.717) is 6.42 Å². The van der Waals surface area contributed by atoms with Gasteiger partial charge in [-0.3, -0.25) is 0 Å². The highest BCUT2D eigenvalue weighted by atomic mass is 16.8. The van der Waals surface area contributed by atoms with Gasteiger partial charge in [-0.2, -0.15) is 0 Å². The summed E-state index contributed by atoms with van der Waals surface area (Å²) in [5.74, 6) is -1.27. The van der Waals surface area contributed by atoms with E-state index in [0.717, 1.165) is 5.56 Å². The Bertz CT molecular complexity index is 804. The number of ether oxygens (including phenoxy) is 7. The Morgan fingerprint density at radius 1 is 0.970 bits per heavy atom. The number of benzene rings is 1. The van der Waals surface area contributed by atoms with Gasteiger partial charge >= 0.3 is 0 Å². The number of rotatable bonds is 4. The summed E-state index contributed by atoms with van der Waals surface area (Å²) in [5.41, 5.74) is 0.875. The smallest absolute Gasteiger partial charge is 0.184 e. The lowest BCUT2D eigenvalue weighted by Gasteiger charge is -2.49. The zero-order chi connectivity index (χ0) is 23.3. The average Bonchev–Trinajstić information content (AvgIpc) is 3.15. The minimum Gasteiger partial charge on any atom is -0.390 e. The molecule has 0 saturated carbocycles. The van der Waals surface area contributed by atoms with Crippen molar-refractivity contribution >= 4 is 0 Å². The maximum Gasteiger partial charge on any atom is 0.184 e. The number of hydrogen-bond donors (Lipinski definition) is 2. The van der Waals surface area contributed by atoms with E-state index >= 15 is 0 Å². The molecule has 1 aromatic rings. The minimum atomic E-state index is -0.914. The predicted octanol–water partition coefficient (Wildman–Crippen LogP) is 1.51.